The molecule has 2 aliphatic rings. The highest BCUT2D eigenvalue weighted by Gasteiger charge is 2.24. The summed E-state index contributed by atoms with van der Waals surface area (Å²) in [6.07, 6.45) is 15.2. The van der Waals surface area contributed by atoms with Crippen LogP contribution in [0.1, 0.15) is 84.8 Å². The predicted octanol–water partition coefficient (Wildman–Crippen LogP) is 6.76. The smallest absolute Gasteiger partial charge is 0.252 e. The van der Waals surface area contributed by atoms with Crippen LogP contribution in [-0.4, -0.2) is 16.9 Å². The molecule has 0 radical (unpaired) electrons. The summed E-state index contributed by atoms with van der Waals surface area (Å²) < 4.78 is 0. The number of para-hydroxylation sites is 1. The molecule has 4 nitrogen and oxygen atoms in total. The van der Waals surface area contributed by atoms with Crippen LogP contribution in [0.5, 0.6) is 0 Å². The Labute approximate surface area is 208 Å². The maximum absolute atomic E-state index is 12.9. The number of nitrogens with zero attached hydrogens (tertiary/aromatic N) is 2. The first-order valence-corrected chi connectivity index (χ1v) is 13.4. The maximum atomic E-state index is 12.9. The molecule has 2 aliphatic carbocycles. The molecule has 0 aliphatic heterocycles. The van der Waals surface area contributed by atoms with E-state index in [1.54, 1.807) is 6.20 Å². The number of hydrogen-bond donors (Lipinski definition) is 1. The largest absolute Gasteiger partial charge is 0.349 e. The van der Waals surface area contributed by atoms with Gasteiger partial charge in [-0.15, -0.1) is 0 Å². The number of pyridine rings is 1. The van der Waals surface area contributed by atoms with Gasteiger partial charge in [-0.3, -0.25) is 9.78 Å². The van der Waals surface area contributed by atoms with E-state index < -0.39 is 0 Å². The van der Waals surface area contributed by atoms with E-state index in [1.807, 2.05) is 36.4 Å². The molecule has 1 fully saturated rings. The third kappa shape index (κ3) is 5.73. The fraction of sp³-hybridized carbons (Fsp3) is 0.452. The fourth-order valence-electron chi connectivity index (χ4n) is 6.16. The summed E-state index contributed by atoms with van der Waals surface area (Å²) in [5, 5.41) is 13.3. The third-order valence-corrected chi connectivity index (χ3v) is 8.22. The minimum Gasteiger partial charge on any atom is -0.349 e. The quantitative estimate of drug-likeness (QED) is 0.392. The molecule has 1 unspecified atom stereocenters. The SMILES string of the molecule is N#Cc1ccc2c(c1)CCC(CCCCC1CCC(NC(=O)c3ccnc4ccccc34)CC1)C2. The highest BCUT2D eigenvalue weighted by Crippen LogP contribution is 2.32. The number of rotatable bonds is 7. The van der Waals surface area contributed by atoms with Crippen molar-refractivity contribution in [3.05, 3.63) is 77.0 Å². The Kier molecular flexibility index (Phi) is 7.42. The number of nitrogens with one attached hydrogen (secondary N) is 1. The van der Waals surface area contributed by atoms with E-state index in [0.29, 0.717) is 0 Å². The van der Waals surface area contributed by atoms with Gasteiger partial charge in [0.15, 0.2) is 0 Å². The molecule has 1 saturated carbocycles. The first-order valence-electron chi connectivity index (χ1n) is 13.4. The number of unbranched alkanes of at least 4 members (excludes halogenated alkanes) is 1. The van der Waals surface area contributed by atoms with E-state index in [2.05, 4.69) is 28.5 Å². The van der Waals surface area contributed by atoms with Crippen molar-refractivity contribution in [2.75, 3.05) is 0 Å². The lowest BCUT2D eigenvalue weighted by molar-refractivity contribution is 0.0922. The van der Waals surface area contributed by atoms with Gasteiger partial charge in [-0.05, 0) is 92.2 Å². The highest BCUT2D eigenvalue weighted by molar-refractivity contribution is 6.06. The minimum absolute atomic E-state index is 0.0324. The maximum Gasteiger partial charge on any atom is 0.252 e. The molecule has 5 rings (SSSR count). The third-order valence-electron chi connectivity index (χ3n) is 8.22. The Morgan fingerprint density at radius 3 is 2.57 bits per heavy atom. The molecule has 1 N–H and O–H groups in total. The molecule has 35 heavy (non-hydrogen) atoms. The van der Waals surface area contributed by atoms with Crippen molar-refractivity contribution in [1.82, 2.24) is 10.3 Å². The summed E-state index contributed by atoms with van der Waals surface area (Å²) >= 11 is 0. The zero-order chi connectivity index (χ0) is 24.0. The van der Waals surface area contributed by atoms with Gasteiger partial charge in [0, 0.05) is 17.6 Å². The monoisotopic (exact) mass is 465 g/mol. The Morgan fingerprint density at radius 1 is 0.943 bits per heavy atom. The molecule has 0 bridgehead atoms. The summed E-state index contributed by atoms with van der Waals surface area (Å²) in [6, 6.07) is 18.5. The number of benzene rings is 2. The summed E-state index contributed by atoms with van der Waals surface area (Å²) in [5.41, 5.74) is 5.24. The van der Waals surface area contributed by atoms with Gasteiger partial charge in [-0.2, -0.15) is 5.26 Å². The summed E-state index contributed by atoms with van der Waals surface area (Å²) in [4.78, 5) is 17.3. The first kappa shape index (κ1) is 23.5. The summed E-state index contributed by atoms with van der Waals surface area (Å²) in [6.45, 7) is 0. The topological polar surface area (TPSA) is 65.8 Å². The zero-order valence-corrected chi connectivity index (χ0v) is 20.5. The van der Waals surface area contributed by atoms with Gasteiger partial charge < -0.3 is 5.32 Å². The van der Waals surface area contributed by atoms with Crippen molar-refractivity contribution in [2.24, 2.45) is 11.8 Å². The van der Waals surface area contributed by atoms with Crippen LogP contribution < -0.4 is 5.32 Å². The Morgan fingerprint density at radius 2 is 1.74 bits per heavy atom. The first-order chi connectivity index (χ1) is 17.2. The summed E-state index contributed by atoms with van der Waals surface area (Å²) in [5.74, 6) is 1.64. The molecular formula is C31H35N3O. The van der Waals surface area contributed by atoms with Crippen molar-refractivity contribution < 1.29 is 4.79 Å². The van der Waals surface area contributed by atoms with E-state index in [1.165, 1.54) is 62.5 Å². The molecule has 3 aromatic rings. The van der Waals surface area contributed by atoms with E-state index >= 15 is 0 Å². The van der Waals surface area contributed by atoms with Crippen LogP contribution in [-0.2, 0) is 12.8 Å². The minimum atomic E-state index is 0.0324. The van der Waals surface area contributed by atoms with Crippen molar-refractivity contribution in [2.45, 2.75) is 76.7 Å². The van der Waals surface area contributed by atoms with E-state index in [0.717, 1.165) is 53.1 Å². The van der Waals surface area contributed by atoms with Crippen LogP contribution in [0.2, 0.25) is 0 Å². The van der Waals surface area contributed by atoms with Gasteiger partial charge in [0.25, 0.3) is 5.91 Å². The fourth-order valence-corrected chi connectivity index (χ4v) is 6.16. The molecule has 4 heteroatoms. The molecule has 1 amide bonds. The Hall–Kier alpha value is -3.19. The summed E-state index contributed by atoms with van der Waals surface area (Å²) in [7, 11) is 0. The van der Waals surface area contributed by atoms with Crippen molar-refractivity contribution in [3.8, 4) is 6.07 Å². The number of aryl methyl sites for hydroxylation is 1. The molecule has 1 aromatic heterocycles. The lowest BCUT2D eigenvalue weighted by Crippen LogP contribution is -2.37. The van der Waals surface area contributed by atoms with Gasteiger partial charge in [0.2, 0.25) is 0 Å². The predicted molar refractivity (Wildman–Crippen MR) is 140 cm³/mol. The standard InChI is InChI=1S/C31H35N3O/c32-21-24-10-14-25-19-23(9-13-26(25)20-24)6-2-1-5-22-11-15-27(16-12-22)34-31(35)29-17-18-33-30-8-4-3-7-28(29)30/h3-4,7-8,10,14,17-18,20,22-23,27H,1-2,5-6,9,11-13,15-16,19H2,(H,34,35). The number of fused-ring (bicyclic) bond motifs is 2. The zero-order valence-electron chi connectivity index (χ0n) is 20.5. The van der Waals surface area contributed by atoms with Crippen LogP contribution in [0.3, 0.4) is 0 Å². The number of nitriles is 1. The van der Waals surface area contributed by atoms with Crippen LogP contribution in [0.15, 0.2) is 54.7 Å². The second kappa shape index (κ2) is 11.0. The van der Waals surface area contributed by atoms with Gasteiger partial charge in [-0.25, -0.2) is 0 Å². The lowest BCUT2D eigenvalue weighted by Gasteiger charge is -2.29. The number of amides is 1. The van der Waals surface area contributed by atoms with Crippen molar-refractivity contribution in [3.63, 3.8) is 0 Å². The number of aromatic nitrogens is 1. The van der Waals surface area contributed by atoms with Crippen LogP contribution in [0.4, 0.5) is 0 Å². The molecule has 0 saturated heterocycles. The highest BCUT2D eigenvalue weighted by atomic mass is 16.1. The number of carbonyl (C=O) groups is 1. The van der Waals surface area contributed by atoms with Gasteiger partial charge in [0.05, 0.1) is 22.7 Å². The molecule has 1 atom stereocenters. The lowest BCUT2D eigenvalue weighted by atomic mass is 9.79. The Bertz CT molecular complexity index is 1210. The second-order valence-electron chi connectivity index (χ2n) is 10.6. The second-order valence-corrected chi connectivity index (χ2v) is 10.6. The molecular weight excluding hydrogens is 430 g/mol. The molecule has 2 aromatic carbocycles. The van der Waals surface area contributed by atoms with Gasteiger partial charge in [0.1, 0.15) is 0 Å². The van der Waals surface area contributed by atoms with Crippen molar-refractivity contribution >= 4 is 16.8 Å². The normalized spacial score (nSPS) is 21.7. The molecule has 0 spiro atoms. The van der Waals surface area contributed by atoms with Gasteiger partial charge in [-0.1, -0.05) is 49.9 Å². The van der Waals surface area contributed by atoms with Gasteiger partial charge >= 0.3 is 0 Å². The van der Waals surface area contributed by atoms with E-state index in [4.69, 9.17) is 5.26 Å². The average Bonchev–Trinajstić information content (AvgIpc) is 2.91. The average molecular weight is 466 g/mol. The molecule has 180 valence electrons. The van der Waals surface area contributed by atoms with E-state index in [-0.39, 0.29) is 11.9 Å². The van der Waals surface area contributed by atoms with Crippen LogP contribution >= 0.6 is 0 Å². The van der Waals surface area contributed by atoms with Crippen LogP contribution in [0.25, 0.3) is 10.9 Å². The van der Waals surface area contributed by atoms with E-state index in [9.17, 15) is 4.79 Å². The number of hydrogen-bond acceptors (Lipinski definition) is 3. The van der Waals surface area contributed by atoms with Crippen molar-refractivity contribution in [1.29, 1.82) is 5.26 Å². The van der Waals surface area contributed by atoms with Crippen LogP contribution in [0, 0.1) is 23.2 Å². The molecule has 1 heterocycles. The Balaban J connectivity index is 1.01. The number of carbonyl (C=O) groups excluding carboxylic acids is 1.